The topological polar surface area (TPSA) is 29.5 Å². The molecule has 0 unspecified atom stereocenters. The van der Waals surface area contributed by atoms with Gasteiger partial charge in [-0.3, -0.25) is 0 Å². The Kier molecular flexibility index (Phi) is 4.07. The van der Waals surface area contributed by atoms with Crippen LogP contribution in [0.1, 0.15) is 27.2 Å². The van der Waals surface area contributed by atoms with Crippen LogP contribution in [-0.2, 0) is 4.43 Å². The molecule has 0 saturated carbocycles. The van der Waals surface area contributed by atoms with Crippen LogP contribution in [0.2, 0.25) is 18.1 Å². The van der Waals surface area contributed by atoms with E-state index < -0.39 is 8.32 Å². The molecule has 2 atom stereocenters. The van der Waals surface area contributed by atoms with E-state index in [2.05, 4.69) is 62.5 Å². The molecule has 0 amide bonds. The lowest BCUT2D eigenvalue weighted by atomic mass is 10.2. The fourth-order valence-corrected chi connectivity index (χ4v) is 3.26. The Morgan fingerprint density at radius 1 is 1.47 bits per heavy atom. The molecule has 0 saturated heterocycles. The number of halogens is 1. The molecular formula is C11H21IO2Si. The molecule has 0 aromatic heterocycles. The van der Waals surface area contributed by atoms with E-state index in [-0.39, 0.29) is 17.2 Å². The minimum Gasteiger partial charge on any atom is -0.410 e. The molecule has 0 heterocycles. The van der Waals surface area contributed by atoms with E-state index in [1.54, 1.807) is 0 Å². The van der Waals surface area contributed by atoms with Gasteiger partial charge in [0, 0.05) is 10.0 Å². The van der Waals surface area contributed by atoms with E-state index in [9.17, 15) is 5.11 Å². The van der Waals surface area contributed by atoms with Crippen molar-refractivity contribution >= 4 is 30.9 Å². The van der Waals surface area contributed by atoms with E-state index in [1.165, 1.54) is 0 Å². The summed E-state index contributed by atoms with van der Waals surface area (Å²) in [5.41, 5.74) is 0. The molecule has 88 valence electrons. The highest BCUT2D eigenvalue weighted by molar-refractivity contribution is 14.1. The van der Waals surface area contributed by atoms with E-state index in [0.717, 1.165) is 10.0 Å². The Morgan fingerprint density at radius 2 is 2.00 bits per heavy atom. The van der Waals surface area contributed by atoms with Crippen molar-refractivity contribution in [1.82, 2.24) is 0 Å². The smallest absolute Gasteiger partial charge is 0.192 e. The summed E-state index contributed by atoms with van der Waals surface area (Å²) in [6, 6.07) is 0. The lowest BCUT2D eigenvalue weighted by molar-refractivity contribution is 0.155. The summed E-state index contributed by atoms with van der Waals surface area (Å²) in [5, 5.41) is 9.86. The van der Waals surface area contributed by atoms with Gasteiger partial charge in [-0.2, -0.15) is 0 Å². The number of rotatable bonds is 2. The third-order valence-corrected chi connectivity index (χ3v) is 8.95. The second kappa shape index (κ2) is 4.47. The first kappa shape index (κ1) is 13.7. The van der Waals surface area contributed by atoms with Crippen molar-refractivity contribution in [2.75, 3.05) is 0 Å². The van der Waals surface area contributed by atoms with Crippen LogP contribution in [-0.4, -0.2) is 25.6 Å². The minimum absolute atomic E-state index is 0.118. The fraction of sp³-hybridized carbons (Fsp3) is 0.818. The largest absolute Gasteiger partial charge is 0.410 e. The molecule has 1 aliphatic rings. The standard InChI is InChI=1S/C11H21IO2Si/c1-11(2,3)15(4,5)14-8-6-9(12)10(13)7-8/h6,8,10,13H,7H2,1-5H3/t8-,10+/m1/s1. The van der Waals surface area contributed by atoms with Gasteiger partial charge in [0.2, 0.25) is 0 Å². The molecule has 0 aliphatic heterocycles. The van der Waals surface area contributed by atoms with Gasteiger partial charge in [-0.25, -0.2) is 0 Å². The second-order valence-electron chi connectivity index (χ2n) is 5.72. The normalized spacial score (nSPS) is 28.1. The minimum atomic E-state index is -1.69. The summed E-state index contributed by atoms with van der Waals surface area (Å²) < 4.78 is 7.23. The Balaban J connectivity index is 2.65. The number of aliphatic hydroxyl groups excluding tert-OH is 1. The molecule has 2 nitrogen and oxygen atoms in total. The summed E-state index contributed by atoms with van der Waals surface area (Å²) in [4.78, 5) is 0. The van der Waals surface area contributed by atoms with Crippen molar-refractivity contribution in [3.63, 3.8) is 0 Å². The van der Waals surface area contributed by atoms with Crippen LogP contribution >= 0.6 is 22.6 Å². The van der Waals surface area contributed by atoms with Crippen molar-refractivity contribution in [1.29, 1.82) is 0 Å². The lowest BCUT2D eigenvalue weighted by Gasteiger charge is -2.38. The third-order valence-electron chi connectivity index (χ3n) is 3.37. The van der Waals surface area contributed by atoms with Gasteiger partial charge in [0.25, 0.3) is 0 Å². The maximum Gasteiger partial charge on any atom is 0.192 e. The van der Waals surface area contributed by atoms with Gasteiger partial charge in [-0.15, -0.1) is 0 Å². The van der Waals surface area contributed by atoms with Gasteiger partial charge in [-0.05, 0) is 46.8 Å². The summed E-state index contributed by atoms with van der Waals surface area (Å²) >= 11 is 2.19. The molecule has 0 aromatic rings. The second-order valence-corrected chi connectivity index (χ2v) is 11.7. The highest BCUT2D eigenvalue weighted by Crippen LogP contribution is 2.39. The van der Waals surface area contributed by atoms with Gasteiger partial charge < -0.3 is 9.53 Å². The zero-order valence-corrected chi connectivity index (χ0v) is 13.3. The zero-order valence-electron chi connectivity index (χ0n) is 10.2. The van der Waals surface area contributed by atoms with Crippen LogP contribution in [0, 0.1) is 0 Å². The van der Waals surface area contributed by atoms with Crippen LogP contribution in [0.3, 0.4) is 0 Å². The van der Waals surface area contributed by atoms with Crippen LogP contribution in [0.5, 0.6) is 0 Å². The summed E-state index contributed by atoms with van der Waals surface area (Å²) in [6.07, 6.45) is 2.60. The molecule has 4 heteroatoms. The first-order valence-electron chi connectivity index (χ1n) is 5.36. The Morgan fingerprint density at radius 3 is 2.33 bits per heavy atom. The van der Waals surface area contributed by atoms with Crippen molar-refractivity contribution in [3.8, 4) is 0 Å². The Bertz CT molecular complexity index is 268. The predicted octanol–water partition coefficient (Wildman–Crippen LogP) is 3.46. The number of aliphatic hydroxyl groups is 1. The van der Waals surface area contributed by atoms with Crippen LogP contribution in [0.4, 0.5) is 0 Å². The highest BCUT2D eigenvalue weighted by Gasteiger charge is 2.40. The molecular weight excluding hydrogens is 319 g/mol. The number of hydrogen-bond acceptors (Lipinski definition) is 2. The van der Waals surface area contributed by atoms with E-state index in [0.29, 0.717) is 0 Å². The van der Waals surface area contributed by atoms with E-state index in [4.69, 9.17) is 4.43 Å². The van der Waals surface area contributed by atoms with Gasteiger partial charge in [0.05, 0.1) is 12.2 Å². The average molecular weight is 340 g/mol. The van der Waals surface area contributed by atoms with Gasteiger partial charge in [0.15, 0.2) is 8.32 Å². The third kappa shape index (κ3) is 3.28. The van der Waals surface area contributed by atoms with Crippen molar-refractivity contribution < 1.29 is 9.53 Å². The monoisotopic (exact) mass is 340 g/mol. The fourth-order valence-electron chi connectivity index (χ4n) is 1.33. The van der Waals surface area contributed by atoms with Crippen LogP contribution < -0.4 is 0 Å². The zero-order chi connectivity index (χ0) is 11.9. The van der Waals surface area contributed by atoms with Gasteiger partial charge >= 0.3 is 0 Å². The van der Waals surface area contributed by atoms with Crippen LogP contribution in [0.15, 0.2) is 9.66 Å². The van der Waals surface area contributed by atoms with Crippen molar-refractivity contribution in [3.05, 3.63) is 9.66 Å². The summed E-state index contributed by atoms with van der Waals surface area (Å²) in [5.74, 6) is 0. The molecule has 0 bridgehead atoms. The summed E-state index contributed by atoms with van der Waals surface area (Å²) in [6.45, 7) is 11.2. The molecule has 0 radical (unpaired) electrons. The van der Waals surface area contributed by atoms with Gasteiger partial charge in [-0.1, -0.05) is 20.8 Å². The predicted molar refractivity (Wildman–Crippen MR) is 74.8 cm³/mol. The molecule has 1 aliphatic carbocycles. The molecule has 0 spiro atoms. The molecule has 15 heavy (non-hydrogen) atoms. The SMILES string of the molecule is CC(C)(C)[Si](C)(C)O[C@@H]1C=C(I)[C@@H](O)C1. The maximum absolute atomic E-state index is 9.63. The van der Waals surface area contributed by atoms with Crippen molar-refractivity contribution in [2.45, 2.75) is 57.5 Å². The quantitative estimate of drug-likeness (QED) is 0.616. The van der Waals surface area contributed by atoms with E-state index in [1.807, 2.05) is 0 Å². The average Bonchev–Trinajstić information content (AvgIpc) is 2.27. The van der Waals surface area contributed by atoms with Gasteiger partial charge in [0.1, 0.15) is 0 Å². The summed E-state index contributed by atoms with van der Waals surface area (Å²) in [7, 11) is -1.69. The first-order valence-corrected chi connectivity index (χ1v) is 9.35. The molecule has 0 aromatic carbocycles. The molecule has 1 rings (SSSR count). The Hall–Kier alpha value is 0.607. The highest BCUT2D eigenvalue weighted by atomic mass is 127. The van der Waals surface area contributed by atoms with Crippen molar-refractivity contribution in [2.24, 2.45) is 0 Å². The van der Waals surface area contributed by atoms with E-state index >= 15 is 0 Å². The Labute approximate surface area is 107 Å². The molecule has 1 N–H and O–H groups in total. The maximum atomic E-state index is 9.63. The lowest BCUT2D eigenvalue weighted by Crippen LogP contribution is -2.43. The van der Waals surface area contributed by atoms with Crippen LogP contribution in [0.25, 0.3) is 0 Å². The molecule has 0 fully saturated rings. The first-order chi connectivity index (χ1) is 6.63. The number of hydrogen-bond donors (Lipinski definition) is 1.